The molecule has 1 rings (SSSR count). The predicted molar refractivity (Wildman–Crippen MR) is 66.7 cm³/mol. The van der Waals surface area contributed by atoms with Crippen LogP contribution in [-0.4, -0.2) is 24.9 Å². The molecule has 0 heterocycles. The number of benzene rings is 1. The normalized spacial score (nSPS) is 11.6. The number of anilines is 1. The first kappa shape index (κ1) is 13.0. The van der Waals surface area contributed by atoms with Gasteiger partial charge in [0.2, 0.25) is 5.91 Å². The molecule has 2 amide bonds. The van der Waals surface area contributed by atoms with Crippen molar-refractivity contribution >= 4 is 17.5 Å². The molecule has 0 saturated carbocycles. The molecular formula is C12H17N3O2. The van der Waals surface area contributed by atoms with E-state index in [2.05, 4.69) is 10.6 Å². The van der Waals surface area contributed by atoms with Gasteiger partial charge in [-0.1, -0.05) is 0 Å². The number of nitrogens with one attached hydrogen (secondary N) is 2. The lowest BCUT2D eigenvalue weighted by Crippen LogP contribution is -2.35. The molecule has 1 atom stereocenters. The molecule has 17 heavy (non-hydrogen) atoms. The van der Waals surface area contributed by atoms with Crippen LogP contribution in [0.4, 0.5) is 5.69 Å². The van der Waals surface area contributed by atoms with Crippen LogP contribution < -0.4 is 16.4 Å². The maximum atomic E-state index is 11.8. The Morgan fingerprint density at radius 1 is 1.29 bits per heavy atom. The Morgan fingerprint density at radius 2 is 1.88 bits per heavy atom. The van der Waals surface area contributed by atoms with Crippen molar-refractivity contribution in [2.45, 2.75) is 19.4 Å². The minimum absolute atomic E-state index is 0.139. The standard InChI is InChI=1S/C12H17N3O2/c1-8(7-11(13)16)15-12(17)9-3-5-10(14-2)6-4-9/h3-6,8,14H,7H2,1-2H3,(H2,13,16)(H,15,17). The molecule has 4 N–H and O–H groups in total. The number of rotatable bonds is 5. The van der Waals surface area contributed by atoms with Gasteiger partial charge in [-0.2, -0.15) is 0 Å². The first-order valence-corrected chi connectivity index (χ1v) is 5.40. The number of hydrogen-bond donors (Lipinski definition) is 3. The fourth-order valence-corrected chi connectivity index (χ4v) is 1.45. The van der Waals surface area contributed by atoms with Crippen LogP contribution in [0.15, 0.2) is 24.3 Å². The van der Waals surface area contributed by atoms with Crippen molar-refractivity contribution < 1.29 is 9.59 Å². The Morgan fingerprint density at radius 3 is 2.35 bits per heavy atom. The minimum Gasteiger partial charge on any atom is -0.388 e. The quantitative estimate of drug-likeness (QED) is 0.703. The van der Waals surface area contributed by atoms with Gasteiger partial charge in [-0.15, -0.1) is 0 Å². The van der Waals surface area contributed by atoms with E-state index in [0.29, 0.717) is 5.56 Å². The average molecular weight is 235 g/mol. The van der Waals surface area contributed by atoms with Crippen LogP contribution in [0.25, 0.3) is 0 Å². The molecule has 0 aliphatic carbocycles. The van der Waals surface area contributed by atoms with E-state index in [1.54, 1.807) is 19.1 Å². The van der Waals surface area contributed by atoms with E-state index in [0.717, 1.165) is 5.69 Å². The molecule has 0 fully saturated rings. The molecule has 92 valence electrons. The van der Waals surface area contributed by atoms with E-state index in [-0.39, 0.29) is 18.4 Å². The van der Waals surface area contributed by atoms with E-state index >= 15 is 0 Å². The van der Waals surface area contributed by atoms with Gasteiger partial charge in [0.25, 0.3) is 5.91 Å². The SMILES string of the molecule is CNc1ccc(C(=O)NC(C)CC(N)=O)cc1. The highest BCUT2D eigenvalue weighted by molar-refractivity contribution is 5.95. The number of primary amides is 1. The van der Waals surface area contributed by atoms with E-state index in [1.807, 2.05) is 19.2 Å². The zero-order valence-electron chi connectivity index (χ0n) is 9.99. The van der Waals surface area contributed by atoms with Gasteiger partial charge in [-0.25, -0.2) is 0 Å². The van der Waals surface area contributed by atoms with Gasteiger partial charge in [-0.3, -0.25) is 9.59 Å². The van der Waals surface area contributed by atoms with Gasteiger partial charge in [0.15, 0.2) is 0 Å². The third kappa shape index (κ3) is 4.14. The molecule has 5 nitrogen and oxygen atoms in total. The van der Waals surface area contributed by atoms with E-state index in [1.165, 1.54) is 0 Å². The molecular weight excluding hydrogens is 218 g/mol. The van der Waals surface area contributed by atoms with Crippen molar-refractivity contribution in [3.05, 3.63) is 29.8 Å². The van der Waals surface area contributed by atoms with Crippen LogP contribution >= 0.6 is 0 Å². The lowest BCUT2D eigenvalue weighted by molar-refractivity contribution is -0.118. The van der Waals surface area contributed by atoms with Crippen molar-refractivity contribution in [1.29, 1.82) is 0 Å². The summed E-state index contributed by atoms with van der Waals surface area (Å²) in [4.78, 5) is 22.4. The van der Waals surface area contributed by atoms with Gasteiger partial charge in [0.1, 0.15) is 0 Å². The number of carbonyl (C=O) groups excluding carboxylic acids is 2. The molecule has 1 aromatic carbocycles. The summed E-state index contributed by atoms with van der Waals surface area (Å²) in [6, 6.07) is 6.81. The van der Waals surface area contributed by atoms with Crippen molar-refractivity contribution in [3.8, 4) is 0 Å². The van der Waals surface area contributed by atoms with Crippen molar-refractivity contribution in [2.75, 3.05) is 12.4 Å². The van der Waals surface area contributed by atoms with Crippen molar-refractivity contribution in [2.24, 2.45) is 5.73 Å². The fourth-order valence-electron chi connectivity index (χ4n) is 1.45. The van der Waals surface area contributed by atoms with Crippen LogP contribution in [0.3, 0.4) is 0 Å². The second kappa shape index (κ2) is 5.89. The highest BCUT2D eigenvalue weighted by Gasteiger charge is 2.11. The predicted octanol–water partition coefficient (Wildman–Crippen LogP) is 0.722. The third-order valence-electron chi connectivity index (χ3n) is 2.32. The molecule has 5 heteroatoms. The fraction of sp³-hybridized carbons (Fsp3) is 0.333. The minimum atomic E-state index is -0.427. The van der Waals surface area contributed by atoms with Gasteiger partial charge >= 0.3 is 0 Å². The Labute approximate surface area is 100 Å². The van der Waals surface area contributed by atoms with Crippen LogP contribution in [0.2, 0.25) is 0 Å². The van der Waals surface area contributed by atoms with Gasteiger partial charge in [-0.05, 0) is 31.2 Å². The number of hydrogen-bond acceptors (Lipinski definition) is 3. The first-order valence-electron chi connectivity index (χ1n) is 5.40. The summed E-state index contributed by atoms with van der Waals surface area (Å²) in [6.45, 7) is 1.74. The Bertz CT molecular complexity index is 401. The van der Waals surface area contributed by atoms with Gasteiger partial charge in [0, 0.05) is 30.8 Å². The molecule has 0 saturated heterocycles. The average Bonchev–Trinajstić information content (AvgIpc) is 2.28. The summed E-state index contributed by atoms with van der Waals surface area (Å²) in [5, 5.41) is 5.67. The molecule has 0 radical (unpaired) electrons. The van der Waals surface area contributed by atoms with Crippen LogP contribution in [0.1, 0.15) is 23.7 Å². The van der Waals surface area contributed by atoms with E-state index < -0.39 is 5.91 Å². The van der Waals surface area contributed by atoms with Crippen molar-refractivity contribution in [1.82, 2.24) is 5.32 Å². The lowest BCUT2D eigenvalue weighted by Gasteiger charge is -2.12. The van der Waals surface area contributed by atoms with Crippen LogP contribution in [0.5, 0.6) is 0 Å². The summed E-state index contributed by atoms with van der Waals surface area (Å²) in [5.74, 6) is -0.635. The summed E-state index contributed by atoms with van der Waals surface area (Å²) >= 11 is 0. The van der Waals surface area contributed by atoms with Crippen molar-refractivity contribution in [3.63, 3.8) is 0 Å². The Kier molecular flexibility index (Phi) is 4.51. The maximum absolute atomic E-state index is 11.8. The topological polar surface area (TPSA) is 84.2 Å². The van der Waals surface area contributed by atoms with Gasteiger partial charge in [0.05, 0.1) is 0 Å². The summed E-state index contributed by atoms with van der Waals surface area (Å²) in [5.41, 5.74) is 6.54. The Balaban J connectivity index is 2.60. The van der Waals surface area contributed by atoms with Crippen LogP contribution in [0, 0.1) is 0 Å². The monoisotopic (exact) mass is 235 g/mol. The van der Waals surface area contributed by atoms with E-state index in [9.17, 15) is 9.59 Å². The highest BCUT2D eigenvalue weighted by Crippen LogP contribution is 2.08. The zero-order chi connectivity index (χ0) is 12.8. The molecule has 0 aromatic heterocycles. The largest absolute Gasteiger partial charge is 0.388 e. The zero-order valence-corrected chi connectivity index (χ0v) is 9.99. The maximum Gasteiger partial charge on any atom is 0.251 e. The molecule has 1 unspecified atom stereocenters. The summed E-state index contributed by atoms with van der Waals surface area (Å²) < 4.78 is 0. The second-order valence-electron chi connectivity index (χ2n) is 3.87. The Hall–Kier alpha value is -2.04. The number of carbonyl (C=O) groups is 2. The van der Waals surface area contributed by atoms with E-state index in [4.69, 9.17) is 5.73 Å². The number of amides is 2. The number of nitrogens with two attached hydrogens (primary N) is 1. The molecule has 0 aliphatic rings. The molecule has 0 bridgehead atoms. The first-order chi connectivity index (χ1) is 8.02. The van der Waals surface area contributed by atoms with Crippen LogP contribution in [-0.2, 0) is 4.79 Å². The molecule has 1 aromatic rings. The summed E-state index contributed by atoms with van der Waals surface area (Å²) in [7, 11) is 1.81. The molecule has 0 spiro atoms. The van der Waals surface area contributed by atoms with Gasteiger partial charge < -0.3 is 16.4 Å². The smallest absolute Gasteiger partial charge is 0.251 e. The second-order valence-corrected chi connectivity index (χ2v) is 3.87. The highest BCUT2D eigenvalue weighted by atomic mass is 16.2. The molecule has 0 aliphatic heterocycles. The third-order valence-corrected chi connectivity index (χ3v) is 2.32. The lowest BCUT2D eigenvalue weighted by atomic mass is 10.1. The summed E-state index contributed by atoms with van der Waals surface area (Å²) in [6.07, 6.45) is 0.139.